The highest BCUT2D eigenvalue weighted by atomic mass is 32.1. The number of nitriles is 1. The second-order valence-corrected chi connectivity index (χ2v) is 6.97. The molecule has 0 spiro atoms. The van der Waals surface area contributed by atoms with Crippen LogP contribution in [0.5, 0.6) is 5.75 Å². The van der Waals surface area contributed by atoms with Crippen molar-refractivity contribution < 1.29 is 19.1 Å². The van der Waals surface area contributed by atoms with Crippen molar-refractivity contribution in [2.75, 3.05) is 19.0 Å². The highest BCUT2D eigenvalue weighted by Gasteiger charge is 2.23. The van der Waals surface area contributed by atoms with Crippen LogP contribution in [0, 0.1) is 18.3 Å². The smallest absolute Gasteiger partial charge is 0.348 e. The van der Waals surface area contributed by atoms with E-state index >= 15 is 0 Å². The van der Waals surface area contributed by atoms with Gasteiger partial charge >= 0.3 is 5.97 Å². The van der Waals surface area contributed by atoms with Crippen molar-refractivity contribution in [2.45, 2.75) is 13.8 Å². The van der Waals surface area contributed by atoms with Crippen molar-refractivity contribution in [1.29, 1.82) is 5.26 Å². The van der Waals surface area contributed by atoms with Gasteiger partial charge in [-0.2, -0.15) is 5.26 Å². The molecule has 2 aromatic carbocycles. The Kier molecular flexibility index (Phi) is 5.62. The molecule has 3 aromatic rings. The summed E-state index contributed by atoms with van der Waals surface area (Å²) in [7, 11) is 1.50. The van der Waals surface area contributed by atoms with E-state index in [4.69, 9.17) is 9.47 Å². The molecule has 0 unspecified atom stereocenters. The number of carbonyl (C=O) groups is 2. The van der Waals surface area contributed by atoms with E-state index in [9.17, 15) is 14.9 Å². The van der Waals surface area contributed by atoms with Gasteiger partial charge in [0.05, 0.1) is 24.8 Å². The minimum atomic E-state index is -0.509. The van der Waals surface area contributed by atoms with Gasteiger partial charge in [-0.15, -0.1) is 11.3 Å². The maximum absolute atomic E-state index is 12.9. The zero-order valence-electron chi connectivity index (χ0n) is 15.7. The number of amides is 1. The van der Waals surface area contributed by atoms with Crippen molar-refractivity contribution in [3.63, 3.8) is 0 Å². The molecule has 3 rings (SSSR count). The zero-order valence-corrected chi connectivity index (χ0v) is 16.5. The monoisotopic (exact) mass is 394 g/mol. The molecule has 0 saturated heterocycles. The normalized spacial score (nSPS) is 10.4. The van der Waals surface area contributed by atoms with Crippen LogP contribution in [0.4, 0.5) is 5.00 Å². The van der Waals surface area contributed by atoms with Crippen LogP contribution in [0.3, 0.4) is 0 Å². The third-order valence-corrected chi connectivity index (χ3v) is 5.45. The van der Waals surface area contributed by atoms with Crippen molar-refractivity contribution in [2.24, 2.45) is 0 Å². The standard InChI is InChI=1S/C21H18N2O4S/c1-4-27-21(25)18-12(2)16(11-22)20(28-18)23-19(24)15-9-13-7-5-6-8-14(13)10-17(15)26-3/h5-10H,4H2,1-3H3,(H,23,24). The Hall–Kier alpha value is -3.37. The van der Waals surface area contributed by atoms with Gasteiger partial charge in [0.2, 0.25) is 0 Å². The molecule has 142 valence electrons. The minimum Gasteiger partial charge on any atom is -0.496 e. The Labute approximate surface area is 166 Å². The molecule has 0 bridgehead atoms. The number of thiophene rings is 1. The number of hydrogen-bond donors (Lipinski definition) is 1. The molecule has 0 fully saturated rings. The first-order valence-electron chi connectivity index (χ1n) is 8.58. The number of benzene rings is 2. The molecule has 0 saturated carbocycles. The summed E-state index contributed by atoms with van der Waals surface area (Å²) in [5, 5.41) is 14.4. The predicted octanol–water partition coefficient (Wildman–Crippen LogP) is 4.52. The van der Waals surface area contributed by atoms with Crippen LogP contribution in [0.1, 0.15) is 38.1 Å². The van der Waals surface area contributed by atoms with Gasteiger partial charge in [-0.3, -0.25) is 4.79 Å². The molecule has 1 aromatic heterocycles. The number of ether oxygens (including phenoxy) is 2. The Morgan fingerprint density at radius 2 is 1.89 bits per heavy atom. The summed E-state index contributed by atoms with van der Waals surface area (Å²) >= 11 is 1.03. The van der Waals surface area contributed by atoms with Crippen molar-refractivity contribution in [3.8, 4) is 11.8 Å². The molecule has 0 aliphatic rings. The van der Waals surface area contributed by atoms with Gasteiger partial charge in [-0.05, 0) is 42.3 Å². The number of carbonyl (C=O) groups excluding carboxylic acids is 2. The average molecular weight is 394 g/mol. The largest absolute Gasteiger partial charge is 0.496 e. The summed E-state index contributed by atoms with van der Waals surface area (Å²) in [6.07, 6.45) is 0. The molecular formula is C21H18N2O4S. The quantitative estimate of drug-likeness (QED) is 0.643. The first-order valence-corrected chi connectivity index (χ1v) is 9.40. The summed E-state index contributed by atoms with van der Waals surface area (Å²) in [4.78, 5) is 25.3. The molecule has 0 aliphatic carbocycles. The Morgan fingerprint density at radius 3 is 2.50 bits per heavy atom. The van der Waals surface area contributed by atoms with Gasteiger partial charge in [0.1, 0.15) is 21.7 Å². The number of methoxy groups -OCH3 is 1. The third-order valence-electron chi connectivity index (χ3n) is 4.26. The van der Waals surface area contributed by atoms with Crippen LogP contribution < -0.4 is 10.1 Å². The van der Waals surface area contributed by atoms with Gasteiger partial charge in [0, 0.05) is 0 Å². The number of fused-ring (bicyclic) bond motifs is 1. The average Bonchev–Trinajstić information content (AvgIpc) is 3.02. The van der Waals surface area contributed by atoms with Crippen LogP contribution >= 0.6 is 11.3 Å². The first kappa shape index (κ1) is 19.4. The third kappa shape index (κ3) is 3.55. The molecule has 1 amide bonds. The number of nitrogens with zero attached hydrogens (tertiary/aromatic N) is 1. The van der Waals surface area contributed by atoms with Gasteiger partial charge in [0.25, 0.3) is 5.91 Å². The fourth-order valence-corrected chi connectivity index (χ4v) is 3.91. The number of esters is 1. The summed E-state index contributed by atoms with van der Waals surface area (Å²) in [6.45, 7) is 3.60. The van der Waals surface area contributed by atoms with E-state index in [1.54, 1.807) is 26.0 Å². The van der Waals surface area contributed by atoms with Crippen LogP contribution in [0.25, 0.3) is 10.8 Å². The summed E-state index contributed by atoms with van der Waals surface area (Å²) in [5.41, 5.74) is 1.08. The van der Waals surface area contributed by atoms with E-state index in [-0.39, 0.29) is 12.2 Å². The Morgan fingerprint density at radius 1 is 1.21 bits per heavy atom. The van der Waals surface area contributed by atoms with Crippen LogP contribution in [0.2, 0.25) is 0 Å². The molecular weight excluding hydrogens is 376 g/mol. The highest BCUT2D eigenvalue weighted by molar-refractivity contribution is 7.18. The maximum atomic E-state index is 12.9. The number of rotatable bonds is 5. The molecule has 6 nitrogen and oxygen atoms in total. The zero-order chi connectivity index (χ0) is 20.3. The molecule has 0 atom stereocenters. The second-order valence-electron chi connectivity index (χ2n) is 5.95. The predicted molar refractivity (Wildman–Crippen MR) is 108 cm³/mol. The minimum absolute atomic E-state index is 0.230. The lowest BCUT2D eigenvalue weighted by Gasteiger charge is -2.10. The topological polar surface area (TPSA) is 88.4 Å². The molecule has 7 heteroatoms. The highest BCUT2D eigenvalue weighted by Crippen LogP contribution is 2.34. The van der Waals surface area contributed by atoms with E-state index < -0.39 is 11.9 Å². The van der Waals surface area contributed by atoms with Crippen LogP contribution in [0.15, 0.2) is 36.4 Å². The molecule has 0 aliphatic heterocycles. The summed E-state index contributed by atoms with van der Waals surface area (Å²) in [6, 6.07) is 13.2. The fourth-order valence-electron chi connectivity index (χ4n) is 2.86. The van der Waals surface area contributed by atoms with E-state index in [1.807, 2.05) is 24.3 Å². The SMILES string of the molecule is CCOC(=O)c1sc(NC(=O)c2cc3ccccc3cc2OC)c(C#N)c1C. The number of nitrogens with one attached hydrogen (secondary N) is 1. The summed E-state index contributed by atoms with van der Waals surface area (Å²) < 4.78 is 10.4. The fraction of sp³-hybridized carbons (Fsp3) is 0.190. The van der Waals surface area contributed by atoms with E-state index in [0.29, 0.717) is 26.8 Å². The molecule has 28 heavy (non-hydrogen) atoms. The second kappa shape index (κ2) is 8.11. The lowest BCUT2D eigenvalue weighted by atomic mass is 10.1. The van der Waals surface area contributed by atoms with E-state index in [0.717, 1.165) is 22.1 Å². The van der Waals surface area contributed by atoms with Gasteiger partial charge in [-0.1, -0.05) is 24.3 Å². The van der Waals surface area contributed by atoms with Gasteiger partial charge in [-0.25, -0.2) is 4.79 Å². The van der Waals surface area contributed by atoms with Crippen molar-refractivity contribution in [3.05, 3.63) is 58.0 Å². The Bertz CT molecular complexity index is 1110. The van der Waals surface area contributed by atoms with E-state index in [1.165, 1.54) is 7.11 Å². The van der Waals surface area contributed by atoms with Gasteiger partial charge in [0.15, 0.2) is 0 Å². The Balaban J connectivity index is 2.00. The van der Waals surface area contributed by atoms with Crippen LogP contribution in [-0.4, -0.2) is 25.6 Å². The van der Waals surface area contributed by atoms with E-state index in [2.05, 4.69) is 11.4 Å². The molecule has 1 N–H and O–H groups in total. The maximum Gasteiger partial charge on any atom is 0.348 e. The molecule has 1 heterocycles. The lowest BCUT2D eigenvalue weighted by Crippen LogP contribution is -2.13. The van der Waals surface area contributed by atoms with Crippen LogP contribution in [-0.2, 0) is 4.74 Å². The lowest BCUT2D eigenvalue weighted by molar-refractivity contribution is 0.0531. The first-order chi connectivity index (χ1) is 13.5. The number of hydrogen-bond acceptors (Lipinski definition) is 6. The summed E-state index contributed by atoms with van der Waals surface area (Å²) in [5.74, 6) is -0.505. The number of anilines is 1. The van der Waals surface area contributed by atoms with Gasteiger partial charge < -0.3 is 14.8 Å². The molecule has 0 radical (unpaired) electrons. The van der Waals surface area contributed by atoms with Crippen molar-refractivity contribution in [1.82, 2.24) is 0 Å². The van der Waals surface area contributed by atoms with Crippen molar-refractivity contribution >= 4 is 39.0 Å².